The Labute approximate surface area is 188 Å². The van der Waals surface area contributed by atoms with E-state index >= 15 is 0 Å². The third-order valence-corrected chi connectivity index (χ3v) is 6.18. The molecule has 0 fully saturated rings. The predicted molar refractivity (Wildman–Crippen MR) is 119 cm³/mol. The fourth-order valence-electron chi connectivity index (χ4n) is 2.52. The van der Waals surface area contributed by atoms with E-state index in [9.17, 15) is 23.0 Å². The molecule has 11 heteroatoms. The van der Waals surface area contributed by atoms with Gasteiger partial charge in [-0.1, -0.05) is 17.7 Å². The second-order valence-corrected chi connectivity index (χ2v) is 8.24. The third kappa shape index (κ3) is 6.58. The zero-order valence-electron chi connectivity index (χ0n) is 15.4. The van der Waals surface area contributed by atoms with Crippen LogP contribution in [-0.4, -0.2) is 41.7 Å². The third-order valence-electron chi connectivity index (χ3n) is 4.04. The molecular weight excluding hydrogens is 459 g/mol. The second-order valence-electron chi connectivity index (χ2n) is 5.91. The number of nitriles is 1. The number of nitrogens with zero attached hydrogens (tertiary/aromatic N) is 2. The minimum Gasteiger partial charge on any atom is -0.395 e. The Morgan fingerprint density at radius 3 is 2.24 bits per heavy atom. The lowest BCUT2D eigenvalue weighted by atomic mass is 10.1. The lowest BCUT2D eigenvalue weighted by molar-refractivity contribution is 0.0613. The Bertz CT molecular complexity index is 951. The van der Waals surface area contributed by atoms with Gasteiger partial charge in [0.25, 0.3) is 0 Å². The number of benzene rings is 2. The molecule has 0 radical (unpaired) electrons. The molecule has 0 aromatic heterocycles. The maximum Gasteiger partial charge on any atom is 0.243 e. The summed E-state index contributed by atoms with van der Waals surface area (Å²) in [4.78, 5) is -0.111. The molecule has 2 aromatic carbocycles. The summed E-state index contributed by atoms with van der Waals surface area (Å²) in [5.41, 5.74) is 0.100. The van der Waals surface area contributed by atoms with Crippen molar-refractivity contribution in [3.63, 3.8) is 0 Å². The van der Waals surface area contributed by atoms with Crippen LogP contribution in [0.3, 0.4) is 0 Å². The molecule has 0 saturated carbocycles. The quantitative estimate of drug-likeness (QED) is 0.634. The summed E-state index contributed by atoms with van der Waals surface area (Å²) >= 11 is 5.80. The summed E-state index contributed by atoms with van der Waals surface area (Å²) in [7, 11) is -4.18. The van der Waals surface area contributed by atoms with Crippen molar-refractivity contribution in [1.82, 2.24) is 4.31 Å². The predicted octanol–water partition coefficient (Wildman–Crippen LogP) is 2.51. The van der Waals surface area contributed by atoms with E-state index < -0.39 is 41.1 Å². The van der Waals surface area contributed by atoms with Gasteiger partial charge in [-0.25, -0.2) is 12.8 Å². The Morgan fingerprint density at radius 1 is 1.21 bits per heavy atom. The number of halogens is 2. The van der Waals surface area contributed by atoms with Crippen LogP contribution in [0.1, 0.15) is 18.1 Å². The highest BCUT2D eigenvalue weighted by molar-refractivity contribution is 7.89. The highest BCUT2D eigenvalue weighted by Gasteiger charge is 2.34. The van der Waals surface area contributed by atoms with Crippen molar-refractivity contribution in [3.05, 3.63) is 64.4 Å². The summed E-state index contributed by atoms with van der Waals surface area (Å²) in [5, 5.41) is 28.7. The Kier molecular flexibility index (Phi) is 11.2. The first-order valence-electron chi connectivity index (χ1n) is 7.95. The Morgan fingerprint density at radius 2 is 1.79 bits per heavy atom. The van der Waals surface area contributed by atoms with E-state index in [1.807, 2.05) is 0 Å². The SMILES string of the molecule is C[C@H](O)C(CO)N(Cc1ccc(C#N)cc1F)S(=O)(=O)c1ccc(Cl)cc1.S.S. The summed E-state index contributed by atoms with van der Waals surface area (Å²) in [6.45, 7) is 0.238. The molecule has 1 unspecified atom stereocenters. The first kappa shape index (κ1) is 27.7. The maximum absolute atomic E-state index is 14.3. The molecule has 2 N–H and O–H groups in total. The number of rotatable bonds is 7. The molecule has 0 heterocycles. The Hall–Kier alpha value is -1.32. The first-order valence-corrected chi connectivity index (χ1v) is 9.77. The van der Waals surface area contributed by atoms with Gasteiger partial charge < -0.3 is 10.2 Å². The molecule has 29 heavy (non-hydrogen) atoms. The summed E-state index contributed by atoms with van der Waals surface area (Å²) in [6.07, 6.45) is -1.21. The molecule has 2 aromatic rings. The van der Waals surface area contributed by atoms with Crippen molar-refractivity contribution < 1.29 is 23.0 Å². The zero-order valence-corrected chi connectivity index (χ0v) is 19.0. The van der Waals surface area contributed by atoms with E-state index in [0.717, 1.165) is 10.4 Å². The smallest absolute Gasteiger partial charge is 0.243 e. The second kappa shape index (κ2) is 11.8. The fourth-order valence-corrected chi connectivity index (χ4v) is 4.30. The lowest BCUT2D eigenvalue weighted by Crippen LogP contribution is -2.47. The van der Waals surface area contributed by atoms with Crippen LogP contribution in [0.4, 0.5) is 4.39 Å². The van der Waals surface area contributed by atoms with Gasteiger partial charge in [-0.3, -0.25) is 0 Å². The van der Waals surface area contributed by atoms with Gasteiger partial charge in [-0.2, -0.15) is 36.6 Å². The van der Waals surface area contributed by atoms with Crippen LogP contribution in [0, 0.1) is 17.1 Å². The van der Waals surface area contributed by atoms with Crippen LogP contribution < -0.4 is 0 Å². The summed E-state index contributed by atoms with van der Waals surface area (Å²) in [6, 6.07) is 9.63. The van der Waals surface area contributed by atoms with Crippen molar-refractivity contribution >= 4 is 48.6 Å². The average Bonchev–Trinajstić information content (AvgIpc) is 2.62. The number of aliphatic hydroxyl groups is 2. The molecule has 0 spiro atoms. The topological polar surface area (TPSA) is 102 Å². The van der Waals surface area contributed by atoms with Crippen LogP contribution in [-0.2, 0) is 16.6 Å². The molecule has 0 aliphatic rings. The first-order chi connectivity index (χ1) is 12.7. The van der Waals surface area contributed by atoms with Gasteiger partial charge in [0, 0.05) is 17.1 Å². The van der Waals surface area contributed by atoms with Gasteiger partial charge in [-0.05, 0) is 43.3 Å². The minimum absolute atomic E-state index is 0. The van der Waals surface area contributed by atoms with Crippen molar-refractivity contribution in [2.24, 2.45) is 0 Å². The number of aliphatic hydroxyl groups excluding tert-OH is 2. The molecule has 0 aliphatic heterocycles. The highest BCUT2D eigenvalue weighted by atomic mass is 35.5. The molecule has 0 aliphatic carbocycles. The average molecular weight is 481 g/mol. The molecule has 0 amide bonds. The maximum atomic E-state index is 14.3. The van der Waals surface area contributed by atoms with Crippen LogP contribution in [0.2, 0.25) is 5.02 Å². The van der Waals surface area contributed by atoms with Crippen molar-refractivity contribution in [1.29, 1.82) is 5.26 Å². The van der Waals surface area contributed by atoms with Gasteiger partial charge in [0.1, 0.15) is 5.82 Å². The Balaban J connectivity index is 0.00000392. The monoisotopic (exact) mass is 480 g/mol. The normalized spacial score (nSPS) is 13.0. The van der Waals surface area contributed by atoms with Crippen LogP contribution in [0.25, 0.3) is 0 Å². The summed E-state index contributed by atoms with van der Waals surface area (Å²) in [5.74, 6) is -0.757. The zero-order chi connectivity index (χ0) is 20.2. The van der Waals surface area contributed by atoms with Crippen molar-refractivity contribution in [2.45, 2.75) is 30.5 Å². The number of hydrogen-bond acceptors (Lipinski definition) is 5. The summed E-state index contributed by atoms with van der Waals surface area (Å²) < 4.78 is 41.3. The van der Waals surface area contributed by atoms with Crippen LogP contribution in [0.15, 0.2) is 47.4 Å². The fraction of sp³-hybridized carbons (Fsp3) is 0.278. The van der Waals surface area contributed by atoms with E-state index in [1.165, 1.54) is 43.3 Å². The lowest BCUT2D eigenvalue weighted by Gasteiger charge is -2.31. The highest BCUT2D eigenvalue weighted by Crippen LogP contribution is 2.25. The van der Waals surface area contributed by atoms with E-state index in [2.05, 4.69) is 0 Å². The van der Waals surface area contributed by atoms with Crippen LogP contribution >= 0.6 is 38.6 Å². The van der Waals surface area contributed by atoms with Crippen molar-refractivity contribution in [2.75, 3.05) is 6.61 Å². The molecule has 0 saturated heterocycles. The minimum atomic E-state index is -4.18. The molecule has 0 bridgehead atoms. The van der Waals surface area contributed by atoms with Crippen LogP contribution in [0.5, 0.6) is 0 Å². The molecule has 160 valence electrons. The molecule has 2 rings (SSSR count). The number of sulfonamides is 1. The largest absolute Gasteiger partial charge is 0.395 e. The van der Waals surface area contributed by atoms with Gasteiger partial charge in [0.15, 0.2) is 0 Å². The molecule has 6 nitrogen and oxygen atoms in total. The standard InChI is InChI=1S/C18H18ClFN2O4S.2H2S/c1-12(24)18(11-23)22(10-14-3-2-13(9-21)8-17(14)20)27(25,26)16-6-4-15(19)5-7-16;;/h2-8,12,18,23-24H,10-11H2,1H3;2*1H2/t12-,18?;;/m0../s1. The number of hydrogen-bond donors (Lipinski definition) is 2. The van der Waals surface area contributed by atoms with E-state index in [-0.39, 0.29) is 43.0 Å². The van der Waals surface area contributed by atoms with Gasteiger partial charge >= 0.3 is 0 Å². The van der Waals surface area contributed by atoms with Crippen molar-refractivity contribution in [3.8, 4) is 6.07 Å². The van der Waals surface area contributed by atoms with Gasteiger partial charge in [0.2, 0.25) is 10.0 Å². The van der Waals surface area contributed by atoms with E-state index in [4.69, 9.17) is 16.9 Å². The van der Waals surface area contributed by atoms with E-state index in [1.54, 1.807) is 6.07 Å². The molecule has 2 atom stereocenters. The van der Waals surface area contributed by atoms with Gasteiger partial charge in [0.05, 0.1) is 35.3 Å². The molecular formula is C18H22ClFN2O4S3. The van der Waals surface area contributed by atoms with E-state index in [0.29, 0.717) is 5.02 Å². The van der Waals surface area contributed by atoms with Gasteiger partial charge in [-0.15, -0.1) is 0 Å².